The van der Waals surface area contributed by atoms with Gasteiger partial charge in [-0.25, -0.2) is 0 Å². The van der Waals surface area contributed by atoms with Crippen LogP contribution in [0.25, 0.3) is 0 Å². The van der Waals surface area contributed by atoms with Gasteiger partial charge in [0, 0.05) is 19.5 Å². The molecule has 0 radical (unpaired) electrons. The van der Waals surface area contributed by atoms with E-state index in [2.05, 4.69) is 34.6 Å². The van der Waals surface area contributed by atoms with E-state index >= 15 is 0 Å². The molecule has 2 heteroatoms. The van der Waals surface area contributed by atoms with Crippen LogP contribution in [0.1, 0.15) is 47.5 Å². The molecule has 0 saturated heterocycles. The van der Waals surface area contributed by atoms with Crippen LogP contribution in [-0.2, 0) is 0 Å². The van der Waals surface area contributed by atoms with E-state index in [1.807, 2.05) is 19.0 Å². The lowest BCUT2D eigenvalue weighted by molar-refractivity contribution is 0.271. The van der Waals surface area contributed by atoms with Crippen LogP contribution in [0.3, 0.4) is 0 Å². The Morgan fingerprint density at radius 2 is 1.67 bits per heavy atom. The average molecular weight is 212 g/mol. The zero-order valence-corrected chi connectivity index (χ0v) is 11.5. The first-order valence-corrected chi connectivity index (χ1v) is 5.98. The molecule has 90 valence electrons. The fraction of sp³-hybridized carbons (Fsp3) is 0.923. The lowest BCUT2D eigenvalue weighted by atomic mass is 9.77. The third-order valence-corrected chi connectivity index (χ3v) is 3.54. The van der Waals surface area contributed by atoms with Gasteiger partial charge in [-0.2, -0.15) is 0 Å². The zero-order chi connectivity index (χ0) is 12.2. The van der Waals surface area contributed by atoms with E-state index in [9.17, 15) is 0 Å². The Balaban J connectivity index is 4.43. The minimum absolute atomic E-state index is 0.00759. The monoisotopic (exact) mass is 212 g/mol. The summed E-state index contributed by atoms with van der Waals surface area (Å²) in [6.45, 7) is 11.2. The van der Waals surface area contributed by atoms with Crippen molar-refractivity contribution < 1.29 is 0 Å². The Labute approximate surface area is 95.6 Å². The third kappa shape index (κ3) is 4.23. The fourth-order valence-electron chi connectivity index (χ4n) is 2.11. The molecule has 0 heterocycles. The topological polar surface area (TPSA) is 27.1 Å². The maximum absolute atomic E-state index is 8.06. The molecule has 0 bridgehead atoms. The maximum atomic E-state index is 8.06. The van der Waals surface area contributed by atoms with Gasteiger partial charge >= 0.3 is 0 Å². The molecular weight excluding hydrogens is 184 g/mol. The van der Waals surface area contributed by atoms with Gasteiger partial charge in [0.05, 0.1) is 0 Å². The van der Waals surface area contributed by atoms with Crippen LogP contribution in [0.15, 0.2) is 0 Å². The third-order valence-electron chi connectivity index (χ3n) is 3.54. The van der Waals surface area contributed by atoms with Crippen LogP contribution in [0, 0.1) is 22.7 Å². The van der Waals surface area contributed by atoms with Gasteiger partial charge in [0.25, 0.3) is 0 Å². The molecule has 0 aliphatic rings. The van der Waals surface area contributed by atoms with Gasteiger partial charge in [0.15, 0.2) is 0 Å². The molecule has 2 nitrogen and oxygen atoms in total. The number of nitrogens with zero attached hydrogens (tertiary/aromatic N) is 1. The van der Waals surface area contributed by atoms with E-state index in [1.165, 1.54) is 6.42 Å². The van der Waals surface area contributed by atoms with E-state index in [0.717, 1.165) is 18.2 Å². The van der Waals surface area contributed by atoms with Crippen LogP contribution in [0.2, 0.25) is 0 Å². The predicted molar refractivity (Wildman–Crippen MR) is 68.4 cm³/mol. The first-order valence-electron chi connectivity index (χ1n) is 5.98. The Kier molecular flexibility index (Phi) is 5.33. The van der Waals surface area contributed by atoms with E-state index in [1.54, 1.807) is 0 Å². The normalized spacial score (nSPS) is 15.9. The van der Waals surface area contributed by atoms with Crippen LogP contribution < -0.4 is 0 Å². The van der Waals surface area contributed by atoms with Gasteiger partial charge in [0.1, 0.15) is 5.84 Å². The molecule has 0 aromatic heterocycles. The summed E-state index contributed by atoms with van der Waals surface area (Å²) in [7, 11) is 3.91. The molecule has 1 N–H and O–H groups in total. The Morgan fingerprint density at radius 1 is 1.20 bits per heavy atom. The molecule has 0 saturated carbocycles. The standard InChI is InChI=1S/C13H28N2/c1-8-10(2)11(3)9-13(4,5)12(14)15(6)7/h10-11,14H,8-9H2,1-7H3. The van der Waals surface area contributed by atoms with Crippen LogP contribution in [0.4, 0.5) is 0 Å². The van der Waals surface area contributed by atoms with Gasteiger partial charge < -0.3 is 4.90 Å². The molecule has 0 amide bonds. The summed E-state index contributed by atoms with van der Waals surface area (Å²) in [5.41, 5.74) is -0.00759. The quantitative estimate of drug-likeness (QED) is 0.547. The molecule has 0 aromatic carbocycles. The number of amidine groups is 1. The highest BCUT2D eigenvalue weighted by atomic mass is 15.1. The van der Waals surface area contributed by atoms with Crippen molar-refractivity contribution in [1.29, 1.82) is 5.41 Å². The number of hydrogen-bond donors (Lipinski definition) is 1. The van der Waals surface area contributed by atoms with Crippen molar-refractivity contribution in [3.8, 4) is 0 Å². The highest BCUT2D eigenvalue weighted by Gasteiger charge is 2.28. The maximum Gasteiger partial charge on any atom is 0.101 e. The molecular formula is C13H28N2. The summed E-state index contributed by atoms with van der Waals surface area (Å²) in [6, 6.07) is 0. The molecule has 2 unspecified atom stereocenters. The molecule has 0 fully saturated rings. The van der Waals surface area contributed by atoms with Crippen molar-refractivity contribution in [3.05, 3.63) is 0 Å². The largest absolute Gasteiger partial charge is 0.366 e. The van der Waals surface area contributed by atoms with Crippen molar-refractivity contribution in [2.75, 3.05) is 14.1 Å². The fourth-order valence-corrected chi connectivity index (χ4v) is 2.11. The van der Waals surface area contributed by atoms with Gasteiger partial charge in [-0.05, 0) is 18.3 Å². The van der Waals surface area contributed by atoms with Crippen LogP contribution >= 0.6 is 0 Å². The minimum atomic E-state index is -0.00759. The Morgan fingerprint density at radius 3 is 2.00 bits per heavy atom. The number of hydrogen-bond acceptors (Lipinski definition) is 1. The van der Waals surface area contributed by atoms with E-state index < -0.39 is 0 Å². The Bertz CT molecular complexity index is 207. The SMILES string of the molecule is CCC(C)C(C)CC(C)(C)C(=N)N(C)C. The lowest BCUT2D eigenvalue weighted by Gasteiger charge is -2.34. The molecule has 2 atom stereocenters. The molecule has 0 aliphatic carbocycles. The average Bonchev–Trinajstić information content (AvgIpc) is 2.14. The van der Waals surface area contributed by atoms with Gasteiger partial charge in [-0.3, -0.25) is 5.41 Å². The van der Waals surface area contributed by atoms with Gasteiger partial charge in [-0.15, -0.1) is 0 Å². The lowest BCUT2D eigenvalue weighted by Crippen LogP contribution is -2.37. The van der Waals surface area contributed by atoms with Gasteiger partial charge in [-0.1, -0.05) is 41.0 Å². The highest BCUT2D eigenvalue weighted by Crippen LogP contribution is 2.31. The number of nitrogens with one attached hydrogen (secondary N) is 1. The summed E-state index contributed by atoms with van der Waals surface area (Å²) in [5.74, 6) is 2.17. The molecule has 0 aromatic rings. The summed E-state index contributed by atoms with van der Waals surface area (Å²) >= 11 is 0. The molecule has 0 spiro atoms. The van der Waals surface area contributed by atoms with Crippen molar-refractivity contribution >= 4 is 5.84 Å². The van der Waals surface area contributed by atoms with E-state index in [-0.39, 0.29) is 5.41 Å². The predicted octanol–water partition coefficient (Wildman–Crippen LogP) is 3.62. The summed E-state index contributed by atoms with van der Waals surface area (Å²) in [5, 5.41) is 8.06. The summed E-state index contributed by atoms with van der Waals surface area (Å²) < 4.78 is 0. The first kappa shape index (κ1) is 14.5. The molecule has 15 heavy (non-hydrogen) atoms. The zero-order valence-electron chi connectivity index (χ0n) is 11.5. The second kappa shape index (κ2) is 5.53. The van der Waals surface area contributed by atoms with Crippen molar-refractivity contribution in [2.24, 2.45) is 17.3 Å². The smallest absolute Gasteiger partial charge is 0.101 e. The van der Waals surface area contributed by atoms with Crippen molar-refractivity contribution in [1.82, 2.24) is 4.90 Å². The second-order valence-electron chi connectivity index (χ2n) is 5.69. The van der Waals surface area contributed by atoms with E-state index in [0.29, 0.717) is 5.92 Å². The van der Waals surface area contributed by atoms with Crippen molar-refractivity contribution in [2.45, 2.75) is 47.5 Å². The second-order valence-corrected chi connectivity index (χ2v) is 5.69. The summed E-state index contributed by atoms with van der Waals surface area (Å²) in [4.78, 5) is 1.92. The highest BCUT2D eigenvalue weighted by molar-refractivity contribution is 5.84. The van der Waals surface area contributed by atoms with E-state index in [4.69, 9.17) is 5.41 Å². The molecule has 0 rings (SSSR count). The summed E-state index contributed by atoms with van der Waals surface area (Å²) in [6.07, 6.45) is 2.32. The molecule has 0 aliphatic heterocycles. The Hall–Kier alpha value is -0.530. The first-order chi connectivity index (χ1) is 6.72. The van der Waals surface area contributed by atoms with Gasteiger partial charge in [0.2, 0.25) is 0 Å². The number of rotatable bonds is 5. The van der Waals surface area contributed by atoms with Crippen LogP contribution in [0.5, 0.6) is 0 Å². The van der Waals surface area contributed by atoms with Crippen LogP contribution in [-0.4, -0.2) is 24.8 Å². The minimum Gasteiger partial charge on any atom is -0.366 e. The van der Waals surface area contributed by atoms with Crippen molar-refractivity contribution in [3.63, 3.8) is 0 Å².